The molecule has 1 aromatic heterocycles. The number of hydrogen-bond acceptors (Lipinski definition) is 3. The van der Waals surface area contributed by atoms with E-state index in [0.29, 0.717) is 30.9 Å². The van der Waals surface area contributed by atoms with Gasteiger partial charge in [0.15, 0.2) is 0 Å². The Balaban J connectivity index is 1.60. The van der Waals surface area contributed by atoms with Gasteiger partial charge in [-0.2, -0.15) is 0 Å². The molecule has 3 heterocycles. The van der Waals surface area contributed by atoms with Gasteiger partial charge < -0.3 is 20.1 Å². The summed E-state index contributed by atoms with van der Waals surface area (Å²) in [5.74, 6) is 0.336. The van der Waals surface area contributed by atoms with Gasteiger partial charge in [-0.25, -0.2) is 4.79 Å². The van der Waals surface area contributed by atoms with Crippen LogP contribution in [0.5, 0.6) is 0 Å². The molecule has 1 saturated heterocycles. The zero-order valence-electron chi connectivity index (χ0n) is 17.6. The topological polar surface area (TPSA) is 83.4 Å². The number of carbonyl (C=O) groups excluding carboxylic acids is 2. The van der Waals surface area contributed by atoms with Crippen LogP contribution in [0.25, 0.3) is 11.1 Å². The Morgan fingerprint density at radius 3 is 2.43 bits per heavy atom. The average molecular weight is 409 g/mol. The van der Waals surface area contributed by atoms with E-state index in [-0.39, 0.29) is 35.4 Å². The van der Waals surface area contributed by atoms with Crippen LogP contribution >= 0.6 is 0 Å². The highest BCUT2D eigenvalue weighted by Gasteiger charge is 2.36. The number of anilines is 1. The molecule has 0 spiro atoms. The van der Waals surface area contributed by atoms with E-state index >= 15 is 0 Å². The molecular formula is C23H28N4O3. The first-order chi connectivity index (χ1) is 14.3. The molecule has 3 amide bonds. The quantitative estimate of drug-likeness (QED) is 0.819. The third kappa shape index (κ3) is 3.97. The highest BCUT2D eigenvalue weighted by atomic mass is 16.2. The van der Waals surface area contributed by atoms with Crippen LogP contribution in [-0.2, 0) is 11.3 Å². The Morgan fingerprint density at radius 1 is 1.03 bits per heavy atom. The van der Waals surface area contributed by atoms with E-state index in [1.807, 2.05) is 47.6 Å². The van der Waals surface area contributed by atoms with Gasteiger partial charge in [0.2, 0.25) is 5.91 Å². The number of pyridine rings is 1. The van der Waals surface area contributed by atoms with Gasteiger partial charge in [-0.1, -0.05) is 12.1 Å². The second-order valence-electron chi connectivity index (χ2n) is 8.65. The largest absolute Gasteiger partial charge is 0.336 e. The Bertz CT molecular complexity index is 1030. The molecule has 2 N–H and O–H groups in total. The fourth-order valence-corrected chi connectivity index (χ4v) is 4.61. The molecule has 0 unspecified atom stereocenters. The molecule has 158 valence electrons. The number of rotatable bonds is 3. The summed E-state index contributed by atoms with van der Waals surface area (Å²) >= 11 is 0. The standard InChI is InChI=1S/C23H28N4O3/c1-14(2)24-23(30)26-11-16-10-18(13-26)21-9-8-20(22(29)27(21)12-16)17-4-6-19(7-5-17)25-15(3)28/h4-9,14,16,18H,10-13H2,1-3H3,(H,24,30)(H,25,28)/t16-,18+/m0/s1. The van der Waals surface area contributed by atoms with Crippen molar-refractivity contribution >= 4 is 17.6 Å². The van der Waals surface area contributed by atoms with Crippen molar-refractivity contribution in [1.82, 2.24) is 14.8 Å². The van der Waals surface area contributed by atoms with Gasteiger partial charge in [0.1, 0.15) is 0 Å². The minimum absolute atomic E-state index is 0.00885. The molecular weight excluding hydrogens is 380 g/mol. The molecule has 30 heavy (non-hydrogen) atoms. The SMILES string of the molecule is CC(=O)Nc1ccc(-c2ccc3n(c2=O)C[C@H]2C[C@@H]3CN(C(=O)NC(C)C)C2)cc1. The number of carbonyl (C=O) groups is 2. The third-order valence-corrected chi connectivity index (χ3v) is 5.82. The number of nitrogens with one attached hydrogen (secondary N) is 2. The van der Waals surface area contributed by atoms with Gasteiger partial charge in [-0.3, -0.25) is 9.59 Å². The van der Waals surface area contributed by atoms with Crippen molar-refractivity contribution in [3.63, 3.8) is 0 Å². The van der Waals surface area contributed by atoms with Gasteiger partial charge in [0.05, 0.1) is 0 Å². The summed E-state index contributed by atoms with van der Waals surface area (Å²) in [6.45, 7) is 7.33. The summed E-state index contributed by atoms with van der Waals surface area (Å²) in [5, 5.41) is 5.72. The van der Waals surface area contributed by atoms with Gasteiger partial charge in [0, 0.05) is 55.5 Å². The summed E-state index contributed by atoms with van der Waals surface area (Å²) in [6.07, 6.45) is 1.01. The number of hydrogen-bond donors (Lipinski definition) is 2. The van der Waals surface area contributed by atoms with Crippen LogP contribution in [-0.4, -0.2) is 40.5 Å². The molecule has 7 nitrogen and oxygen atoms in total. The molecule has 2 aromatic rings. The summed E-state index contributed by atoms with van der Waals surface area (Å²) in [6, 6.07) is 11.3. The summed E-state index contributed by atoms with van der Waals surface area (Å²) in [5.41, 5.74) is 3.21. The molecule has 2 aliphatic heterocycles. The number of piperidine rings is 1. The number of amides is 3. The Kier molecular flexibility index (Phi) is 5.37. The highest BCUT2D eigenvalue weighted by molar-refractivity contribution is 5.89. The number of likely N-dealkylation sites (tertiary alicyclic amines) is 1. The molecule has 0 saturated carbocycles. The van der Waals surface area contributed by atoms with E-state index in [4.69, 9.17) is 0 Å². The van der Waals surface area contributed by atoms with Crippen molar-refractivity contribution in [2.24, 2.45) is 5.92 Å². The monoisotopic (exact) mass is 408 g/mol. The van der Waals surface area contributed by atoms with E-state index < -0.39 is 0 Å². The van der Waals surface area contributed by atoms with Crippen molar-refractivity contribution in [3.05, 3.63) is 52.4 Å². The average Bonchev–Trinajstić information content (AvgIpc) is 2.68. The maximum Gasteiger partial charge on any atom is 0.317 e. The fourth-order valence-electron chi connectivity index (χ4n) is 4.61. The molecule has 0 radical (unpaired) electrons. The van der Waals surface area contributed by atoms with Crippen LogP contribution in [0.4, 0.5) is 10.5 Å². The van der Waals surface area contributed by atoms with Gasteiger partial charge in [-0.15, -0.1) is 0 Å². The Labute approximate surface area is 176 Å². The highest BCUT2D eigenvalue weighted by Crippen LogP contribution is 2.35. The molecule has 4 rings (SSSR count). The predicted molar refractivity (Wildman–Crippen MR) is 117 cm³/mol. The Hall–Kier alpha value is -3.09. The Morgan fingerprint density at radius 2 is 1.77 bits per heavy atom. The van der Waals surface area contributed by atoms with Crippen molar-refractivity contribution in [2.45, 2.75) is 45.7 Å². The second-order valence-corrected chi connectivity index (χ2v) is 8.65. The van der Waals surface area contributed by atoms with E-state index in [2.05, 4.69) is 10.6 Å². The first-order valence-electron chi connectivity index (χ1n) is 10.5. The summed E-state index contributed by atoms with van der Waals surface area (Å²) < 4.78 is 1.90. The molecule has 1 aromatic carbocycles. The zero-order chi connectivity index (χ0) is 21.4. The lowest BCUT2D eigenvalue weighted by atomic mass is 9.83. The first-order valence-corrected chi connectivity index (χ1v) is 10.5. The number of urea groups is 1. The normalized spacial score (nSPS) is 19.9. The smallest absolute Gasteiger partial charge is 0.317 e. The van der Waals surface area contributed by atoms with Crippen LogP contribution in [0.1, 0.15) is 38.8 Å². The van der Waals surface area contributed by atoms with Crippen molar-refractivity contribution in [1.29, 1.82) is 0 Å². The van der Waals surface area contributed by atoms with Crippen molar-refractivity contribution in [2.75, 3.05) is 18.4 Å². The molecule has 2 atom stereocenters. The van der Waals surface area contributed by atoms with Crippen LogP contribution < -0.4 is 16.2 Å². The van der Waals surface area contributed by atoms with Crippen LogP contribution in [0.2, 0.25) is 0 Å². The maximum atomic E-state index is 13.3. The number of nitrogens with zero attached hydrogens (tertiary/aromatic N) is 2. The van der Waals surface area contributed by atoms with Crippen molar-refractivity contribution < 1.29 is 9.59 Å². The first kappa shape index (κ1) is 20.2. The lowest BCUT2D eigenvalue weighted by Gasteiger charge is -2.43. The predicted octanol–water partition coefficient (Wildman–Crippen LogP) is 3.01. The summed E-state index contributed by atoms with van der Waals surface area (Å²) in [4.78, 5) is 38.8. The van der Waals surface area contributed by atoms with Gasteiger partial charge in [-0.05, 0) is 56.0 Å². The van der Waals surface area contributed by atoms with Crippen molar-refractivity contribution in [3.8, 4) is 11.1 Å². The molecule has 2 bridgehead atoms. The number of aromatic nitrogens is 1. The lowest BCUT2D eigenvalue weighted by molar-refractivity contribution is -0.114. The molecule has 0 aliphatic carbocycles. The lowest BCUT2D eigenvalue weighted by Crippen LogP contribution is -2.52. The van der Waals surface area contributed by atoms with Crippen LogP contribution in [0, 0.1) is 5.92 Å². The summed E-state index contributed by atoms with van der Waals surface area (Å²) in [7, 11) is 0. The van der Waals surface area contributed by atoms with Gasteiger partial charge in [0.25, 0.3) is 5.56 Å². The molecule has 2 aliphatic rings. The fraction of sp³-hybridized carbons (Fsp3) is 0.435. The maximum absolute atomic E-state index is 13.3. The minimum Gasteiger partial charge on any atom is -0.336 e. The third-order valence-electron chi connectivity index (χ3n) is 5.82. The van der Waals surface area contributed by atoms with Crippen LogP contribution in [0.15, 0.2) is 41.2 Å². The molecule has 7 heteroatoms. The van der Waals surface area contributed by atoms with Gasteiger partial charge >= 0.3 is 6.03 Å². The van der Waals surface area contributed by atoms with Crippen LogP contribution in [0.3, 0.4) is 0 Å². The number of fused-ring (bicyclic) bond motifs is 4. The van der Waals surface area contributed by atoms with E-state index in [9.17, 15) is 14.4 Å². The van der Waals surface area contributed by atoms with E-state index in [0.717, 1.165) is 17.7 Å². The molecule has 1 fully saturated rings. The zero-order valence-corrected chi connectivity index (χ0v) is 17.6. The number of benzene rings is 1. The van der Waals surface area contributed by atoms with E-state index in [1.165, 1.54) is 6.92 Å². The second kappa shape index (κ2) is 7.97. The minimum atomic E-state index is -0.126. The van der Waals surface area contributed by atoms with E-state index in [1.54, 1.807) is 12.1 Å².